The van der Waals surface area contributed by atoms with Crippen molar-refractivity contribution in [1.29, 1.82) is 5.26 Å². The molecule has 43 heavy (non-hydrogen) atoms. The van der Waals surface area contributed by atoms with Crippen LogP contribution < -0.4 is 15.4 Å². The smallest absolute Gasteiger partial charge is 0.322 e. The number of guanidine groups is 1. The quantitative estimate of drug-likeness (QED) is 0.0844. The van der Waals surface area contributed by atoms with Crippen LogP contribution in [0.25, 0.3) is 11.1 Å². The minimum atomic E-state index is -4.07. The summed E-state index contributed by atoms with van der Waals surface area (Å²) >= 11 is 0. The molecule has 0 aromatic heterocycles. The fraction of sp³-hybridized carbons (Fsp3) is 0.182. The Morgan fingerprint density at radius 2 is 1.56 bits per heavy atom. The van der Waals surface area contributed by atoms with Gasteiger partial charge in [0.05, 0.1) is 11.4 Å². The molecule has 4 aromatic carbocycles. The van der Waals surface area contributed by atoms with Crippen molar-refractivity contribution in [1.82, 2.24) is 10.0 Å². The van der Waals surface area contributed by atoms with Crippen molar-refractivity contribution < 1.29 is 18.3 Å². The lowest BCUT2D eigenvalue weighted by atomic mass is 10.0. The first-order chi connectivity index (χ1) is 20.6. The van der Waals surface area contributed by atoms with E-state index in [9.17, 15) is 18.3 Å². The standard InChI is InChI=1S/C33H33N5O4S/c1-22-16-23(2)31(24(3)17-22)43(41,42)38-30(32(39)40)18-25-12-14-27(15-13-25)28-10-7-11-29(19-28)37-33(36-21-34)35-20-26-8-5-4-6-9-26/h4-17,19,30,38H,18,20H2,1-3H3,(H,39,40)(H2,35,36,37). The zero-order valence-corrected chi connectivity index (χ0v) is 24.9. The number of aliphatic imine (C=N–C) groups is 1. The molecule has 0 aliphatic rings. The maximum atomic E-state index is 13.2. The van der Waals surface area contributed by atoms with Gasteiger partial charge in [0.15, 0.2) is 6.19 Å². The second kappa shape index (κ2) is 13.8. The van der Waals surface area contributed by atoms with Crippen molar-refractivity contribution >= 4 is 27.6 Å². The first kappa shape index (κ1) is 31.0. The van der Waals surface area contributed by atoms with E-state index in [-0.39, 0.29) is 11.3 Å². The Morgan fingerprint density at radius 3 is 2.19 bits per heavy atom. The zero-order valence-electron chi connectivity index (χ0n) is 24.1. The van der Waals surface area contributed by atoms with Gasteiger partial charge >= 0.3 is 5.97 Å². The Morgan fingerprint density at radius 1 is 0.884 bits per heavy atom. The molecule has 4 N–H and O–H groups in total. The van der Waals surface area contributed by atoms with Crippen LogP contribution in [-0.2, 0) is 27.8 Å². The van der Waals surface area contributed by atoms with Gasteiger partial charge in [-0.2, -0.15) is 9.98 Å². The van der Waals surface area contributed by atoms with Gasteiger partial charge < -0.3 is 10.4 Å². The first-order valence-electron chi connectivity index (χ1n) is 13.6. The molecule has 1 atom stereocenters. The fourth-order valence-electron chi connectivity index (χ4n) is 4.92. The number of aryl methyl sites for hydroxylation is 3. The molecule has 0 heterocycles. The fourth-order valence-corrected chi connectivity index (χ4v) is 6.56. The Hall–Kier alpha value is -4.98. The largest absolute Gasteiger partial charge is 0.480 e. The van der Waals surface area contributed by atoms with Crippen LogP contribution in [0.15, 0.2) is 101 Å². The summed E-state index contributed by atoms with van der Waals surface area (Å²) in [7, 11) is -4.07. The second-order valence-corrected chi connectivity index (χ2v) is 11.9. The van der Waals surface area contributed by atoms with Crippen molar-refractivity contribution in [3.63, 3.8) is 0 Å². The van der Waals surface area contributed by atoms with E-state index >= 15 is 0 Å². The molecule has 0 aliphatic carbocycles. The number of nitrogens with zero attached hydrogens (tertiary/aromatic N) is 2. The molecular formula is C33H33N5O4S. The molecule has 9 nitrogen and oxygen atoms in total. The summed E-state index contributed by atoms with van der Waals surface area (Å²) in [5.41, 5.74) is 6.21. The van der Waals surface area contributed by atoms with Crippen molar-refractivity contribution in [3.05, 3.63) is 119 Å². The van der Waals surface area contributed by atoms with E-state index in [1.807, 2.05) is 79.8 Å². The van der Waals surface area contributed by atoms with Crippen molar-refractivity contribution in [2.75, 3.05) is 5.32 Å². The number of nitrogens with one attached hydrogen (secondary N) is 3. The topological polar surface area (TPSA) is 144 Å². The van der Waals surface area contributed by atoms with Crippen molar-refractivity contribution in [2.24, 2.45) is 4.99 Å². The van der Waals surface area contributed by atoms with E-state index < -0.39 is 22.0 Å². The number of sulfonamides is 1. The van der Waals surface area contributed by atoms with Gasteiger partial charge in [0.25, 0.3) is 0 Å². The molecule has 1 unspecified atom stereocenters. The number of benzene rings is 4. The number of nitriles is 1. The van der Waals surface area contributed by atoms with Crippen LogP contribution in [0.5, 0.6) is 0 Å². The van der Waals surface area contributed by atoms with E-state index in [2.05, 4.69) is 20.3 Å². The molecule has 0 saturated heterocycles. The average Bonchev–Trinajstić information content (AvgIpc) is 2.96. The number of rotatable bonds is 10. The Kier molecular flexibility index (Phi) is 9.93. The van der Waals surface area contributed by atoms with Crippen LogP contribution in [0.3, 0.4) is 0 Å². The molecule has 0 aliphatic heterocycles. The van der Waals surface area contributed by atoms with Crippen LogP contribution in [0.4, 0.5) is 5.69 Å². The van der Waals surface area contributed by atoms with Gasteiger partial charge in [-0.1, -0.05) is 84.4 Å². The summed E-state index contributed by atoms with van der Waals surface area (Å²) in [5.74, 6) is -0.943. The molecule has 0 radical (unpaired) electrons. The predicted octanol–water partition coefficient (Wildman–Crippen LogP) is 5.29. The van der Waals surface area contributed by atoms with Gasteiger partial charge in [-0.15, -0.1) is 0 Å². The Balaban J connectivity index is 1.48. The minimum absolute atomic E-state index is 0.0263. The molecule has 4 rings (SSSR count). The maximum absolute atomic E-state index is 13.2. The highest BCUT2D eigenvalue weighted by molar-refractivity contribution is 7.89. The van der Waals surface area contributed by atoms with Crippen molar-refractivity contribution in [3.8, 4) is 17.3 Å². The number of hydrogen-bond acceptors (Lipinski definition) is 5. The van der Waals surface area contributed by atoms with Crippen LogP contribution >= 0.6 is 0 Å². The number of carboxylic acids is 1. The third kappa shape index (κ3) is 8.29. The lowest BCUT2D eigenvalue weighted by Crippen LogP contribution is -2.42. The van der Waals surface area contributed by atoms with Gasteiger partial charge in [-0.25, -0.2) is 13.4 Å². The maximum Gasteiger partial charge on any atom is 0.322 e. The molecule has 4 aromatic rings. The van der Waals surface area contributed by atoms with E-state index in [1.54, 1.807) is 38.1 Å². The molecule has 0 amide bonds. The number of carboxylic acid groups (broad SMARTS) is 1. The monoisotopic (exact) mass is 595 g/mol. The number of anilines is 1. The minimum Gasteiger partial charge on any atom is -0.480 e. The Bertz CT molecular complexity index is 1760. The number of hydrogen-bond donors (Lipinski definition) is 4. The molecule has 0 fully saturated rings. The highest BCUT2D eigenvalue weighted by Gasteiger charge is 2.28. The van der Waals surface area contributed by atoms with Gasteiger partial charge in [0.1, 0.15) is 6.04 Å². The summed E-state index contributed by atoms with van der Waals surface area (Å²) < 4.78 is 28.7. The summed E-state index contributed by atoms with van der Waals surface area (Å²) in [5, 5.41) is 24.7. The first-order valence-corrected chi connectivity index (χ1v) is 15.1. The lowest BCUT2D eigenvalue weighted by molar-refractivity contribution is -0.138. The van der Waals surface area contributed by atoms with Crippen LogP contribution in [-0.4, -0.2) is 31.5 Å². The summed E-state index contributed by atoms with van der Waals surface area (Å²) in [6.07, 6.45) is 1.88. The molecule has 0 spiro atoms. The van der Waals surface area contributed by atoms with Crippen molar-refractivity contribution in [2.45, 2.75) is 44.7 Å². The third-order valence-electron chi connectivity index (χ3n) is 6.76. The van der Waals surface area contributed by atoms with Gasteiger partial charge in [-0.3, -0.25) is 10.1 Å². The SMILES string of the molecule is Cc1cc(C)c(S(=O)(=O)NC(Cc2ccc(-c3cccc(NC(=NCc4ccccc4)NC#N)c3)cc2)C(=O)O)c(C)c1. The summed E-state index contributed by atoms with van der Waals surface area (Å²) in [4.78, 5) is 16.6. The Labute approximate surface area is 252 Å². The van der Waals surface area contributed by atoms with E-state index in [0.29, 0.717) is 29.2 Å². The summed E-state index contributed by atoms with van der Waals surface area (Å²) in [6.45, 7) is 5.68. The molecule has 220 valence electrons. The van der Waals surface area contributed by atoms with Gasteiger partial charge in [-0.05, 0) is 72.7 Å². The van der Waals surface area contributed by atoms with Crippen LogP contribution in [0, 0.1) is 32.2 Å². The van der Waals surface area contributed by atoms with Crippen LogP contribution in [0.2, 0.25) is 0 Å². The van der Waals surface area contributed by atoms with Gasteiger partial charge in [0, 0.05) is 5.69 Å². The second-order valence-electron chi connectivity index (χ2n) is 10.2. The zero-order chi connectivity index (χ0) is 31.0. The summed E-state index contributed by atoms with van der Waals surface area (Å²) in [6, 6.07) is 26.7. The molecular weight excluding hydrogens is 562 g/mol. The third-order valence-corrected chi connectivity index (χ3v) is 8.53. The average molecular weight is 596 g/mol. The number of carbonyl (C=O) groups is 1. The predicted molar refractivity (Wildman–Crippen MR) is 168 cm³/mol. The van der Waals surface area contributed by atoms with E-state index in [1.165, 1.54) is 0 Å². The lowest BCUT2D eigenvalue weighted by Gasteiger charge is -2.18. The molecule has 0 bridgehead atoms. The van der Waals surface area contributed by atoms with E-state index in [4.69, 9.17) is 5.26 Å². The molecule has 0 saturated carbocycles. The highest BCUT2D eigenvalue weighted by Crippen LogP contribution is 2.25. The van der Waals surface area contributed by atoms with E-state index in [0.717, 1.165) is 27.9 Å². The number of aliphatic carboxylic acids is 1. The van der Waals surface area contributed by atoms with Gasteiger partial charge in [0.2, 0.25) is 16.0 Å². The highest BCUT2D eigenvalue weighted by atomic mass is 32.2. The normalized spacial score (nSPS) is 12.3. The molecule has 10 heteroatoms. The van der Waals surface area contributed by atoms with Crippen LogP contribution in [0.1, 0.15) is 27.8 Å².